The number of nitrogens with one attached hydrogen (secondary N) is 3. The van der Waals surface area contributed by atoms with Crippen LogP contribution in [0.3, 0.4) is 0 Å². The summed E-state index contributed by atoms with van der Waals surface area (Å²) in [6, 6.07) is 11.5. The Hall–Kier alpha value is -2.89. The fourth-order valence-electron chi connectivity index (χ4n) is 3.39. The molecule has 1 amide bonds. The van der Waals surface area contributed by atoms with Gasteiger partial charge in [-0.25, -0.2) is 0 Å². The molecular weight excluding hydrogens is 533 g/mol. The van der Waals surface area contributed by atoms with Crippen LogP contribution in [0.15, 0.2) is 58.3 Å². The molecule has 2 aromatic heterocycles. The van der Waals surface area contributed by atoms with Crippen LogP contribution in [0, 0.1) is 0 Å². The molecule has 0 aliphatic carbocycles. The molecule has 2 heterocycles. The van der Waals surface area contributed by atoms with Crippen molar-refractivity contribution in [2.45, 2.75) is 52.2 Å². The molecule has 10 heteroatoms. The lowest BCUT2D eigenvalue weighted by Gasteiger charge is -2.12. The van der Waals surface area contributed by atoms with E-state index in [4.69, 9.17) is 4.52 Å². The molecule has 0 unspecified atom stereocenters. The standard InChI is InChI=1S/C23H31N7O2.HI/c1-4-18(5-2)21-13-20(32-29-21)15-26-23(24-3)25-14-17-8-6-9-19(12-17)28-22(31)16-30-11-7-10-27-30;/h6-13,18H,4-5,14-16H2,1-3H3,(H,28,31)(H2,24,25,26);1H. The molecule has 3 N–H and O–H groups in total. The lowest BCUT2D eigenvalue weighted by molar-refractivity contribution is -0.116. The third-order valence-electron chi connectivity index (χ3n) is 5.17. The fourth-order valence-corrected chi connectivity index (χ4v) is 3.39. The van der Waals surface area contributed by atoms with Crippen LogP contribution in [0.5, 0.6) is 0 Å². The third-order valence-corrected chi connectivity index (χ3v) is 5.17. The van der Waals surface area contributed by atoms with Gasteiger partial charge in [-0.3, -0.25) is 14.5 Å². The second-order valence-corrected chi connectivity index (χ2v) is 7.46. The first kappa shape index (κ1) is 26.4. The molecule has 33 heavy (non-hydrogen) atoms. The van der Waals surface area contributed by atoms with Gasteiger partial charge in [0, 0.05) is 43.7 Å². The van der Waals surface area contributed by atoms with E-state index in [0.29, 0.717) is 25.0 Å². The van der Waals surface area contributed by atoms with Crippen LogP contribution in [0.25, 0.3) is 0 Å². The molecule has 0 saturated carbocycles. The van der Waals surface area contributed by atoms with Gasteiger partial charge in [-0.1, -0.05) is 31.1 Å². The second kappa shape index (κ2) is 13.6. The number of amides is 1. The number of hydrogen-bond donors (Lipinski definition) is 3. The van der Waals surface area contributed by atoms with Crippen LogP contribution >= 0.6 is 24.0 Å². The molecule has 3 aromatic rings. The van der Waals surface area contributed by atoms with Gasteiger partial charge in [-0.05, 0) is 36.6 Å². The number of nitrogens with zero attached hydrogens (tertiary/aromatic N) is 4. The number of aromatic nitrogens is 3. The van der Waals surface area contributed by atoms with E-state index in [1.807, 2.05) is 30.3 Å². The van der Waals surface area contributed by atoms with Gasteiger partial charge >= 0.3 is 0 Å². The zero-order valence-corrected chi connectivity index (χ0v) is 21.6. The normalized spacial score (nSPS) is 11.2. The van der Waals surface area contributed by atoms with Gasteiger partial charge in [0.15, 0.2) is 11.7 Å². The molecule has 9 nitrogen and oxygen atoms in total. The SMILES string of the molecule is CCC(CC)c1cc(CNC(=NC)NCc2cccc(NC(=O)Cn3cccn3)c2)on1.I. The minimum absolute atomic E-state index is 0. The Kier molecular flexibility index (Phi) is 10.9. The lowest BCUT2D eigenvalue weighted by atomic mass is 9.99. The van der Waals surface area contributed by atoms with Crippen molar-refractivity contribution in [3.8, 4) is 0 Å². The quantitative estimate of drug-likeness (QED) is 0.196. The van der Waals surface area contributed by atoms with Crippen molar-refractivity contribution >= 4 is 41.5 Å². The molecule has 0 aliphatic rings. The largest absolute Gasteiger partial charge is 0.359 e. The lowest BCUT2D eigenvalue weighted by Crippen LogP contribution is -2.36. The van der Waals surface area contributed by atoms with Crippen LogP contribution in [0.4, 0.5) is 5.69 Å². The summed E-state index contributed by atoms with van der Waals surface area (Å²) in [6.45, 7) is 5.54. The topological polar surface area (TPSA) is 109 Å². The van der Waals surface area contributed by atoms with Crippen molar-refractivity contribution < 1.29 is 9.32 Å². The summed E-state index contributed by atoms with van der Waals surface area (Å²) >= 11 is 0. The van der Waals surface area contributed by atoms with Crippen molar-refractivity contribution in [3.63, 3.8) is 0 Å². The maximum atomic E-state index is 12.2. The number of rotatable bonds is 10. The molecule has 0 atom stereocenters. The fraction of sp³-hybridized carbons (Fsp3) is 0.391. The van der Waals surface area contributed by atoms with Gasteiger partial charge in [0.1, 0.15) is 6.54 Å². The summed E-state index contributed by atoms with van der Waals surface area (Å²) in [5.74, 6) is 1.73. The van der Waals surface area contributed by atoms with E-state index in [9.17, 15) is 4.79 Å². The summed E-state index contributed by atoms with van der Waals surface area (Å²) in [5.41, 5.74) is 2.75. The van der Waals surface area contributed by atoms with Crippen molar-refractivity contribution in [2.75, 3.05) is 12.4 Å². The van der Waals surface area contributed by atoms with Crippen molar-refractivity contribution in [3.05, 3.63) is 65.8 Å². The highest BCUT2D eigenvalue weighted by Gasteiger charge is 2.13. The van der Waals surface area contributed by atoms with E-state index >= 15 is 0 Å². The number of aliphatic imine (C=N–C) groups is 1. The van der Waals surface area contributed by atoms with Crippen LogP contribution in [0.2, 0.25) is 0 Å². The molecule has 1 aromatic carbocycles. The van der Waals surface area contributed by atoms with Gasteiger partial charge in [-0.15, -0.1) is 24.0 Å². The predicted octanol–water partition coefficient (Wildman–Crippen LogP) is 3.90. The van der Waals surface area contributed by atoms with Gasteiger partial charge in [0.05, 0.1) is 12.2 Å². The Bertz CT molecular complexity index is 1010. The summed E-state index contributed by atoms with van der Waals surface area (Å²) in [7, 11) is 1.72. The Labute approximate surface area is 211 Å². The average Bonchev–Trinajstić information content (AvgIpc) is 3.47. The van der Waals surface area contributed by atoms with Crippen LogP contribution in [-0.2, 0) is 24.4 Å². The molecule has 178 valence electrons. The van der Waals surface area contributed by atoms with Gasteiger partial charge < -0.3 is 20.5 Å². The molecule has 0 radical (unpaired) electrons. The maximum absolute atomic E-state index is 12.2. The van der Waals surface area contributed by atoms with Crippen LogP contribution in [0.1, 0.15) is 49.6 Å². The number of carbonyl (C=O) groups excluding carboxylic acids is 1. The highest BCUT2D eigenvalue weighted by molar-refractivity contribution is 14.0. The number of hydrogen-bond acceptors (Lipinski definition) is 5. The monoisotopic (exact) mass is 565 g/mol. The first-order chi connectivity index (χ1) is 15.6. The first-order valence-corrected chi connectivity index (χ1v) is 10.9. The van der Waals surface area contributed by atoms with Gasteiger partial charge in [0.2, 0.25) is 5.91 Å². The zero-order chi connectivity index (χ0) is 22.8. The first-order valence-electron chi connectivity index (χ1n) is 10.9. The van der Waals surface area contributed by atoms with Crippen LogP contribution < -0.4 is 16.0 Å². The predicted molar refractivity (Wildman–Crippen MR) is 140 cm³/mol. The minimum atomic E-state index is -0.129. The number of halogens is 1. The van der Waals surface area contributed by atoms with E-state index in [1.54, 1.807) is 30.2 Å². The van der Waals surface area contributed by atoms with E-state index < -0.39 is 0 Å². The summed E-state index contributed by atoms with van der Waals surface area (Å²) in [6.07, 6.45) is 5.49. The number of benzene rings is 1. The average molecular weight is 565 g/mol. The number of carbonyl (C=O) groups is 1. The zero-order valence-electron chi connectivity index (χ0n) is 19.2. The number of guanidine groups is 1. The summed E-state index contributed by atoms with van der Waals surface area (Å²) < 4.78 is 7.04. The smallest absolute Gasteiger partial charge is 0.246 e. The van der Waals surface area contributed by atoms with E-state index in [0.717, 1.165) is 35.5 Å². The Morgan fingerprint density at radius 3 is 2.64 bits per heavy atom. The van der Waals surface area contributed by atoms with E-state index in [-0.39, 0.29) is 36.4 Å². The molecule has 0 fully saturated rings. The van der Waals surface area contributed by atoms with Gasteiger partial charge in [0.25, 0.3) is 0 Å². The number of anilines is 1. The Balaban J connectivity index is 0.00000385. The highest BCUT2D eigenvalue weighted by atomic mass is 127. The van der Waals surface area contributed by atoms with Crippen molar-refractivity contribution in [1.82, 2.24) is 25.6 Å². The molecular formula is C23H32IN7O2. The Morgan fingerprint density at radius 2 is 1.94 bits per heavy atom. The van der Waals surface area contributed by atoms with Gasteiger partial charge in [-0.2, -0.15) is 5.10 Å². The maximum Gasteiger partial charge on any atom is 0.246 e. The highest BCUT2D eigenvalue weighted by Crippen LogP contribution is 2.22. The van der Waals surface area contributed by atoms with E-state index in [1.165, 1.54) is 0 Å². The van der Waals surface area contributed by atoms with Crippen molar-refractivity contribution in [2.24, 2.45) is 4.99 Å². The van der Waals surface area contributed by atoms with E-state index in [2.05, 4.69) is 45.0 Å². The molecule has 0 spiro atoms. The van der Waals surface area contributed by atoms with Crippen LogP contribution in [-0.4, -0.2) is 33.9 Å². The summed E-state index contributed by atoms with van der Waals surface area (Å²) in [5, 5.41) is 17.7. The molecule has 0 aliphatic heterocycles. The van der Waals surface area contributed by atoms with Crippen molar-refractivity contribution in [1.29, 1.82) is 0 Å². The molecule has 3 rings (SSSR count). The Morgan fingerprint density at radius 1 is 1.15 bits per heavy atom. The molecule has 0 bridgehead atoms. The third kappa shape index (κ3) is 8.19. The molecule has 0 saturated heterocycles. The minimum Gasteiger partial charge on any atom is -0.359 e. The second-order valence-electron chi connectivity index (χ2n) is 7.46. The summed E-state index contributed by atoms with van der Waals surface area (Å²) in [4.78, 5) is 16.4.